The van der Waals surface area contributed by atoms with Crippen molar-refractivity contribution in [3.05, 3.63) is 48.7 Å². The number of hydrogen-bond acceptors (Lipinski definition) is 2. The topological polar surface area (TPSA) is 15.3 Å². The number of rotatable bonds is 4. The van der Waals surface area contributed by atoms with Crippen LogP contribution in [0.2, 0.25) is 0 Å². The van der Waals surface area contributed by atoms with Crippen LogP contribution < -0.4 is 5.32 Å². The zero-order valence-corrected chi connectivity index (χ0v) is 10.8. The second kappa shape index (κ2) is 5.94. The smallest absolute Gasteiger partial charge is 0.0654 e. The molecule has 0 radical (unpaired) electrons. The maximum atomic E-state index is 4.72. The largest absolute Gasteiger partial charge is 0.359 e. The average molecular weight is 246 g/mol. The predicted octanol–water partition coefficient (Wildman–Crippen LogP) is 2.42. The van der Waals surface area contributed by atoms with Gasteiger partial charge in [0.25, 0.3) is 0 Å². The van der Waals surface area contributed by atoms with Crippen molar-refractivity contribution in [1.29, 1.82) is 0 Å². The van der Waals surface area contributed by atoms with Crippen LogP contribution in [0.4, 0.5) is 0 Å². The van der Waals surface area contributed by atoms with Crippen LogP contribution in [0, 0.1) is 5.92 Å². The molecule has 0 saturated heterocycles. The minimum Gasteiger partial charge on any atom is -0.359 e. The quantitative estimate of drug-likeness (QED) is 0.606. The lowest BCUT2D eigenvalue weighted by Gasteiger charge is -2.39. The number of fused-ring (bicyclic) bond motifs is 1. The fourth-order valence-corrected chi connectivity index (χ4v) is 2.44. The molecule has 0 aromatic heterocycles. The van der Waals surface area contributed by atoms with E-state index in [4.69, 9.17) is 12.2 Å². The van der Waals surface area contributed by atoms with Crippen molar-refractivity contribution in [3.63, 3.8) is 0 Å². The van der Waals surface area contributed by atoms with Gasteiger partial charge in [0, 0.05) is 24.5 Å². The molecule has 2 nitrogen and oxygen atoms in total. The van der Waals surface area contributed by atoms with Crippen LogP contribution in [0.1, 0.15) is 6.92 Å². The van der Waals surface area contributed by atoms with Gasteiger partial charge in [0.1, 0.15) is 0 Å². The lowest BCUT2D eigenvalue weighted by Crippen LogP contribution is -2.46. The maximum absolute atomic E-state index is 4.72. The summed E-state index contributed by atoms with van der Waals surface area (Å²) in [6.07, 6.45) is 17.4. The maximum Gasteiger partial charge on any atom is 0.0654 e. The zero-order chi connectivity index (χ0) is 12.1. The standard InChI is InChI=1S/C14H18N2S/c1-12(8-9-15-11-17)16-10-4-6-13-5-2-3-7-14(13)16/h2-9,11-14H,10H2,1H3,(H,15,17)/b9-8+. The van der Waals surface area contributed by atoms with Crippen molar-refractivity contribution >= 4 is 17.7 Å². The summed E-state index contributed by atoms with van der Waals surface area (Å²) in [5.41, 5.74) is 1.52. The van der Waals surface area contributed by atoms with Gasteiger partial charge in [0.05, 0.1) is 5.49 Å². The Balaban J connectivity index is 2.05. The first-order valence-electron chi connectivity index (χ1n) is 5.96. The van der Waals surface area contributed by atoms with E-state index in [2.05, 4.69) is 59.7 Å². The normalized spacial score (nSPS) is 29.2. The van der Waals surface area contributed by atoms with E-state index in [0.717, 1.165) is 6.54 Å². The molecule has 3 atom stereocenters. The molecule has 2 rings (SSSR count). The van der Waals surface area contributed by atoms with Gasteiger partial charge in [-0.25, -0.2) is 0 Å². The molecule has 0 aromatic rings. The number of hydrogen-bond donors (Lipinski definition) is 1. The Hall–Kier alpha value is -1.19. The average Bonchev–Trinajstić information content (AvgIpc) is 2.38. The predicted molar refractivity (Wildman–Crippen MR) is 76.8 cm³/mol. The van der Waals surface area contributed by atoms with E-state index in [0.29, 0.717) is 18.0 Å². The molecular weight excluding hydrogens is 228 g/mol. The Morgan fingerprint density at radius 3 is 3.00 bits per heavy atom. The Labute approximate surface area is 108 Å². The second-order valence-electron chi connectivity index (χ2n) is 4.35. The van der Waals surface area contributed by atoms with Crippen LogP contribution >= 0.6 is 12.2 Å². The Morgan fingerprint density at radius 1 is 1.35 bits per heavy atom. The van der Waals surface area contributed by atoms with E-state index in [-0.39, 0.29) is 0 Å². The van der Waals surface area contributed by atoms with Crippen LogP contribution in [-0.4, -0.2) is 29.0 Å². The summed E-state index contributed by atoms with van der Waals surface area (Å²) in [6, 6.07) is 0.878. The van der Waals surface area contributed by atoms with Crippen molar-refractivity contribution in [3.8, 4) is 0 Å². The zero-order valence-electron chi connectivity index (χ0n) is 9.99. The summed E-state index contributed by atoms with van der Waals surface area (Å²) in [7, 11) is 0. The molecule has 2 aliphatic rings. The molecule has 1 N–H and O–H groups in total. The molecule has 1 aliphatic heterocycles. The minimum absolute atomic E-state index is 0.394. The monoisotopic (exact) mass is 246 g/mol. The molecule has 1 heterocycles. The Morgan fingerprint density at radius 2 is 2.18 bits per heavy atom. The summed E-state index contributed by atoms with van der Waals surface area (Å²) in [6.45, 7) is 3.21. The van der Waals surface area contributed by atoms with Crippen molar-refractivity contribution < 1.29 is 0 Å². The van der Waals surface area contributed by atoms with Gasteiger partial charge in [0.2, 0.25) is 0 Å². The van der Waals surface area contributed by atoms with Crippen LogP contribution in [0.5, 0.6) is 0 Å². The molecule has 0 fully saturated rings. The molecule has 17 heavy (non-hydrogen) atoms. The van der Waals surface area contributed by atoms with Gasteiger partial charge in [-0.15, -0.1) is 0 Å². The van der Waals surface area contributed by atoms with Gasteiger partial charge in [-0.3, -0.25) is 4.90 Å². The molecule has 0 aromatic carbocycles. The fourth-order valence-electron chi connectivity index (χ4n) is 2.37. The number of thiocarbonyl (C=S) groups is 1. The first-order valence-corrected chi connectivity index (χ1v) is 6.44. The van der Waals surface area contributed by atoms with Gasteiger partial charge in [0.15, 0.2) is 0 Å². The summed E-state index contributed by atoms with van der Waals surface area (Å²) in [5.74, 6) is 0.517. The van der Waals surface area contributed by atoms with E-state index in [9.17, 15) is 0 Å². The first-order chi connectivity index (χ1) is 8.33. The number of nitrogens with one attached hydrogen (secondary N) is 1. The first kappa shape index (κ1) is 12.3. The lowest BCUT2D eigenvalue weighted by molar-refractivity contribution is 0.189. The van der Waals surface area contributed by atoms with Gasteiger partial charge in [-0.05, 0) is 13.1 Å². The van der Waals surface area contributed by atoms with E-state index >= 15 is 0 Å². The highest BCUT2D eigenvalue weighted by molar-refractivity contribution is 7.78. The van der Waals surface area contributed by atoms with Gasteiger partial charge in [-0.1, -0.05) is 54.8 Å². The third kappa shape index (κ3) is 2.93. The van der Waals surface area contributed by atoms with E-state index < -0.39 is 0 Å². The third-order valence-corrected chi connectivity index (χ3v) is 3.40. The molecular formula is C14H18N2S. The van der Waals surface area contributed by atoms with Crippen LogP contribution in [0.3, 0.4) is 0 Å². The van der Waals surface area contributed by atoms with Gasteiger partial charge >= 0.3 is 0 Å². The summed E-state index contributed by atoms with van der Waals surface area (Å²) in [5, 5.41) is 2.92. The second-order valence-corrected chi connectivity index (χ2v) is 4.58. The molecule has 90 valence electrons. The molecule has 0 bridgehead atoms. The highest BCUT2D eigenvalue weighted by Gasteiger charge is 2.27. The Kier molecular flexibility index (Phi) is 4.29. The highest BCUT2D eigenvalue weighted by atomic mass is 32.1. The highest BCUT2D eigenvalue weighted by Crippen LogP contribution is 2.25. The van der Waals surface area contributed by atoms with Crippen molar-refractivity contribution in [2.45, 2.75) is 19.0 Å². The van der Waals surface area contributed by atoms with Crippen molar-refractivity contribution in [1.82, 2.24) is 10.2 Å². The van der Waals surface area contributed by atoms with Crippen LogP contribution in [-0.2, 0) is 0 Å². The van der Waals surface area contributed by atoms with Crippen LogP contribution in [0.25, 0.3) is 0 Å². The van der Waals surface area contributed by atoms with E-state index in [1.54, 1.807) is 0 Å². The van der Waals surface area contributed by atoms with Gasteiger partial charge < -0.3 is 5.32 Å². The summed E-state index contributed by atoms with van der Waals surface area (Å²) >= 11 is 4.72. The molecule has 0 amide bonds. The van der Waals surface area contributed by atoms with E-state index in [1.165, 1.54) is 5.49 Å². The molecule has 0 saturated carbocycles. The Bertz CT molecular complexity index is 382. The number of nitrogens with zero attached hydrogens (tertiary/aromatic N) is 1. The molecule has 0 spiro atoms. The molecule has 3 unspecified atom stereocenters. The van der Waals surface area contributed by atoms with Crippen molar-refractivity contribution in [2.75, 3.05) is 6.54 Å². The number of allylic oxidation sites excluding steroid dienone is 2. The lowest BCUT2D eigenvalue weighted by atomic mass is 9.89. The van der Waals surface area contributed by atoms with Crippen molar-refractivity contribution in [2.24, 2.45) is 5.92 Å². The van der Waals surface area contributed by atoms with Gasteiger partial charge in [-0.2, -0.15) is 0 Å². The third-order valence-electron chi connectivity index (χ3n) is 3.27. The van der Waals surface area contributed by atoms with Crippen LogP contribution in [0.15, 0.2) is 48.7 Å². The SMILES string of the molecule is CC(/C=C/NC=S)N1CC=CC2C=CC=CC21. The fraction of sp³-hybridized carbons (Fsp3) is 0.357. The molecule has 3 heteroatoms. The summed E-state index contributed by atoms with van der Waals surface area (Å²) < 4.78 is 0. The summed E-state index contributed by atoms with van der Waals surface area (Å²) in [4.78, 5) is 2.48. The van der Waals surface area contributed by atoms with E-state index in [1.807, 2.05) is 6.20 Å². The minimum atomic E-state index is 0.394. The molecule has 1 aliphatic carbocycles.